The van der Waals surface area contributed by atoms with E-state index < -0.39 is 0 Å². The third-order valence-electron chi connectivity index (χ3n) is 3.04. The highest BCUT2D eigenvalue weighted by atomic mass is 16.1. The van der Waals surface area contributed by atoms with Crippen LogP contribution < -0.4 is 4.90 Å². The van der Waals surface area contributed by atoms with Crippen molar-refractivity contribution in [2.45, 2.75) is 25.3 Å². The Labute approximate surface area is 106 Å². The van der Waals surface area contributed by atoms with Gasteiger partial charge in [0.1, 0.15) is 12.4 Å². The zero-order valence-corrected chi connectivity index (χ0v) is 9.97. The van der Waals surface area contributed by atoms with Gasteiger partial charge in [0, 0.05) is 18.2 Å². The van der Waals surface area contributed by atoms with E-state index in [2.05, 4.69) is 17.0 Å². The molecule has 0 spiro atoms. The van der Waals surface area contributed by atoms with Crippen LogP contribution in [0.1, 0.15) is 35.2 Å². The van der Waals surface area contributed by atoms with Gasteiger partial charge < -0.3 is 4.90 Å². The van der Waals surface area contributed by atoms with Gasteiger partial charge in [0.25, 0.3) is 0 Å². The maximum atomic E-state index is 10.7. The van der Waals surface area contributed by atoms with E-state index in [1.54, 1.807) is 18.2 Å². The SMILES string of the molecule is N#CCCN(c1ccc(C=O)cc1C#N)C1CC1. The van der Waals surface area contributed by atoms with Crippen LogP contribution in [-0.2, 0) is 0 Å². The van der Waals surface area contributed by atoms with Crippen LogP contribution in [0, 0.1) is 22.7 Å². The standard InChI is InChI=1S/C14H13N3O/c15-6-1-7-17(13-3-4-13)14-5-2-11(10-18)8-12(14)9-16/h2,5,8,10,13H,1,3-4,7H2. The molecule has 1 saturated carbocycles. The van der Waals surface area contributed by atoms with Crippen LogP contribution in [-0.4, -0.2) is 18.9 Å². The number of nitrogens with zero attached hydrogens (tertiary/aromatic N) is 3. The molecule has 1 aliphatic carbocycles. The van der Waals surface area contributed by atoms with E-state index in [4.69, 9.17) is 10.5 Å². The van der Waals surface area contributed by atoms with Crippen molar-refractivity contribution in [3.8, 4) is 12.1 Å². The van der Waals surface area contributed by atoms with Crippen LogP contribution in [0.15, 0.2) is 18.2 Å². The molecule has 0 aromatic heterocycles. The van der Waals surface area contributed by atoms with Crippen LogP contribution in [0.4, 0.5) is 5.69 Å². The molecule has 1 aromatic carbocycles. The monoisotopic (exact) mass is 239 g/mol. The van der Waals surface area contributed by atoms with E-state index in [-0.39, 0.29) is 0 Å². The molecular formula is C14H13N3O. The molecule has 1 fully saturated rings. The van der Waals surface area contributed by atoms with Crippen molar-refractivity contribution in [1.29, 1.82) is 10.5 Å². The summed E-state index contributed by atoms with van der Waals surface area (Å²) in [6.07, 6.45) is 3.38. The predicted octanol–water partition coefficient (Wildman–Crippen LogP) is 2.25. The Morgan fingerprint density at radius 2 is 2.17 bits per heavy atom. The van der Waals surface area contributed by atoms with Crippen molar-refractivity contribution in [2.75, 3.05) is 11.4 Å². The van der Waals surface area contributed by atoms with Crippen molar-refractivity contribution < 1.29 is 4.79 Å². The predicted molar refractivity (Wildman–Crippen MR) is 67.1 cm³/mol. The average molecular weight is 239 g/mol. The number of hydrogen-bond acceptors (Lipinski definition) is 4. The smallest absolute Gasteiger partial charge is 0.150 e. The van der Waals surface area contributed by atoms with Gasteiger partial charge in [-0.1, -0.05) is 0 Å². The molecule has 1 aromatic rings. The fourth-order valence-corrected chi connectivity index (χ4v) is 2.02. The summed E-state index contributed by atoms with van der Waals surface area (Å²) in [5.74, 6) is 0. The molecule has 0 aliphatic heterocycles. The molecule has 2 rings (SSSR count). The summed E-state index contributed by atoms with van der Waals surface area (Å²) in [6, 6.07) is 9.81. The van der Waals surface area contributed by atoms with E-state index in [0.717, 1.165) is 24.8 Å². The summed E-state index contributed by atoms with van der Waals surface area (Å²) in [6.45, 7) is 0.635. The maximum absolute atomic E-state index is 10.7. The number of rotatable bonds is 5. The van der Waals surface area contributed by atoms with Crippen molar-refractivity contribution in [2.24, 2.45) is 0 Å². The lowest BCUT2D eigenvalue weighted by molar-refractivity contribution is 0.112. The second-order valence-electron chi connectivity index (χ2n) is 4.34. The molecule has 4 heteroatoms. The lowest BCUT2D eigenvalue weighted by Gasteiger charge is -2.24. The number of carbonyl (C=O) groups excluding carboxylic acids is 1. The Kier molecular flexibility index (Phi) is 3.60. The lowest BCUT2D eigenvalue weighted by atomic mass is 10.1. The van der Waals surface area contributed by atoms with Crippen LogP contribution >= 0.6 is 0 Å². The summed E-state index contributed by atoms with van der Waals surface area (Å²) in [5.41, 5.74) is 1.84. The van der Waals surface area contributed by atoms with Gasteiger partial charge in [-0.15, -0.1) is 0 Å². The molecule has 0 heterocycles. The largest absolute Gasteiger partial charge is 0.366 e. The van der Waals surface area contributed by atoms with Crippen LogP contribution in [0.3, 0.4) is 0 Å². The molecular weight excluding hydrogens is 226 g/mol. The zero-order valence-electron chi connectivity index (χ0n) is 9.97. The third kappa shape index (κ3) is 2.49. The fourth-order valence-electron chi connectivity index (χ4n) is 2.02. The van der Waals surface area contributed by atoms with E-state index in [1.165, 1.54) is 0 Å². The second kappa shape index (κ2) is 5.33. The van der Waals surface area contributed by atoms with Gasteiger partial charge in [-0.2, -0.15) is 10.5 Å². The second-order valence-corrected chi connectivity index (χ2v) is 4.34. The number of hydrogen-bond donors (Lipinski definition) is 0. The van der Waals surface area contributed by atoms with Gasteiger partial charge in [-0.05, 0) is 31.0 Å². The number of aldehydes is 1. The van der Waals surface area contributed by atoms with Gasteiger partial charge in [0.15, 0.2) is 0 Å². The average Bonchev–Trinajstić information content (AvgIpc) is 3.24. The Hall–Kier alpha value is -2.33. The molecule has 18 heavy (non-hydrogen) atoms. The lowest BCUT2D eigenvalue weighted by Crippen LogP contribution is -2.27. The molecule has 0 amide bonds. The normalized spacial score (nSPS) is 13.4. The summed E-state index contributed by atoms with van der Waals surface area (Å²) in [4.78, 5) is 12.8. The number of nitriles is 2. The van der Waals surface area contributed by atoms with Crippen LogP contribution in [0.2, 0.25) is 0 Å². The summed E-state index contributed by atoms with van der Waals surface area (Å²) >= 11 is 0. The van der Waals surface area contributed by atoms with Gasteiger partial charge in [0.2, 0.25) is 0 Å². The minimum absolute atomic E-state index is 0.438. The van der Waals surface area contributed by atoms with Crippen molar-refractivity contribution in [1.82, 2.24) is 0 Å². The first-order chi connectivity index (χ1) is 8.80. The van der Waals surface area contributed by atoms with Crippen molar-refractivity contribution in [3.63, 3.8) is 0 Å². The van der Waals surface area contributed by atoms with Gasteiger partial charge in [0.05, 0.1) is 23.7 Å². The van der Waals surface area contributed by atoms with E-state index >= 15 is 0 Å². The Bertz CT molecular complexity index is 535. The highest BCUT2D eigenvalue weighted by Crippen LogP contribution is 2.33. The van der Waals surface area contributed by atoms with Crippen molar-refractivity contribution in [3.05, 3.63) is 29.3 Å². The van der Waals surface area contributed by atoms with E-state index in [0.29, 0.717) is 30.1 Å². The number of carbonyl (C=O) groups is 1. The quantitative estimate of drug-likeness (QED) is 0.739. The molecule has 0 radical (unpaired) electrons. The Morgan fingerprint density at radius 1 is 1.39 bits per heavy atom. The maximum Gasteiger partial charge on any atom is 0.150 e. The Morgan fingerprint density at radius 3 is 2.72 bits per heavy atom. The zero-order chi connectivity index (χ0) is 13.0. The van der Waals surface area contributed by atoms with Crippen LogP contribution in [0.25, 0.3) is 0 Å². The molecule has 0 unspecified atom stereocenters. The molecule has 1 aliphatic rings. The summed E-state index contributed by atoms with van der Waals surface area (Å²) in [7, 11) is 0. The third-order valence-corrected chi connectivity index (χ3v) is 3.04. The molecule has 0 N–H and O–H groups in total. The minimum Gasteiger partial charge on any atom is -0.366 e. The van der Waals surface area contributed by atoms with Gasteiger partial charge >= 0.3 is 0 Å². The van der Waals surface area contributed by atoms with E-state index in [1.807, 2.05) is 0 Å². The highest BCUT2D eigenvalue weighted by molar-refractivity contribution is 5.78. The van der Waals surface area contributed by atoms with E-state index in [9.17, 15) is 4.79 Å². The molecule has 0 atom stereocenters. The summed E-state index contributed by atoms with van der Waals surface area (Å²) < 4.78 is 0. The first-order valence-electron chi connectivity index (χ1n) is 5.93. The van der Waals surface area contributed by atoms with Crippen molar-refractivity contribution >= 4 is 12.0 Å². The van der Waals surface area contributed by atoms with Gasteiger partial charge in [-0.25, -0.2) is 0 Å². The molecule has 0 bridgehead atoms. The minimum atomic E-state index is 0.438. The number of benzene rings is 1. The molecule has 90 valence electrons. The van der Waals surface area contributed by atoms with Crippen LogP contribution in [0.5, 0.6) is 0 Å². The molecule has 4 nitrogen and oxygen atoms in total. The summed E-state index contributed by atoms with van der Waals surface area (Å²) in [5, 5.41) is 17.8. The molecule has 0 saturated heterocycles. The fraction of sp³-hybridized carbons (Fsp3) is 0.357. The first kappa shape index (κ1) is 12.1. The Balaban J connectivity index is 2.32. The number of anilines is 1. The van der Waals surface area contributed by atoms with Gasteiger partial charge in [-0.3, -0.25) is 4.79 Å². The highest BCUT2D eigenvalue weighted by Gasteiger charge is 2.30. The first-order valence-corrected chi connectivity index (χ1v) is 5.93. The topological polar surface area (TPSA) is 67.9 Å².